The molecule has 4 nitrogen and oxygen atoms in total. The Morgan fingerprint density at radius 3 is 2.50 bits per heavy atom. The number of carbonyl (C=O) groups is 1. The van der Waals surface area contributed by atoms with Crippen LogP contribution in [0.4, 0.5) is 13.2 Å². The molecule has 2 heterocycles. The number of likely N-dealkylation sites (tertiary alicyclic amines) is 1. The first-order chi connectivity index (χ1) is 12.4. The van der Waals surface area contributed by atoms with Crippen molar-refractivity contribution >= 4 is 5.91 Å². The second-order valence-corrected chi connectivity index (χ2v) is 6.26. The average molecular weight is 364 g/mol. The number of benzene rings is 1. The molecule has 1 saturated heterocycles. The van der Waals surface area contributed by atoms with E-state index in [4.69, 9.17) is 4.74 Å². The third kappa shape index (κ3) is 4.74. The zero-order valence-corrected chi connectivity index (χ0v) is 14.1. The molecule has 1 aliphatic heterocycles. The van der Waals surface area contributed by atoms with Crippen LogP contribution in [-0.2, 0) is 17.4 Å². The Bertz CT molecular complexity index is 727. The van der Waals surface area contributed by atoms with Gasteiger partial charge in [0.25, 0.3) is 0 Å². The lowest BCUT2D eigenvalue weighted by Gasteiger charge is -2.38. The molecule has 0 aliphatic carbocycles. The molecule has 7 heteroatoms. The van der Waals surface area contributed by atoms with Crippen molar-refractivity contribution in [2.75, 3.05) is 13.1 Å². The molecule has 1 aromatic heterocycles. The van der Waals surface area contributed by atoms with Crippen molar-refractivity contribution in [2.45, 2.75) is 31.5 Å². The Balaban J connectivity index is 1.38. The summed E-state index contributed by atoms with van der Waals surface area (Å²) in [6.45, 7) is 0.875. The second-order valence-electron chi connectivity index (χ2n) is 6.26. The molecule has 2 aromatic rings. The molecule has 0 spiro atoms. The van der Waals surface area contributed by atoms with E-state index in [0.717, 1.165) is 25.1 Å². The first-order valence-corrected chi connectivity index (χ1v) is 8.43. The van der Waals surface area contributed by atoms with Crippen LogP contribution < -0.4 is 4.74 Å². The van der Waals surface area contributed by atoms with Crippen LogP contribution >= 0.6 is 0 Å². The summed E-state index contributed by atoms with van der Waals surface area (Å²) in [4.78, 5) is 17.5. The molecule has 0 atom stereocenters. The topological polar surface area (TPSA) is 42.4 Å². The predicted octanol–water partition coefficient (Wildman–Crippen LogP) is 3.71. The number of amides is 1. The van der Waals surface area contributed by atoms with Gasteiger partial charge in [0.15, 0.2) is 0 Å². The van der Waals surface area contributed by atoms with Gasteiger partial charge >= 0.3 is 6.18 Å². The fraction of sp³-hybridized carbons (Fsp3) is 0.368. The van der Waals surface area contributed by atoms with Gasteiger partial charge in [-0.05, 0) is 24.5 Å². The Hall–Kier alpha value is -2.57. The Kier molecular flexibility index (Phi) is 5.44. The summed E-state index contributed by atoms with van der Waals surface area (Å²) in [5.41, 5.74) is 0.396. The maximum absolute atomic E-state index is 12.5. The highest BCUT2D eigenvalue weighted by Crippen LogP contribution is 2.29. The zero-order chi connectivity index (χ0) is 18.6. The van der Waals surface area contributed by atoms with E-state index in [0.29, 0.717) is 19.5 Å². The summed E-state index contributed by atoms with van der Waals surface area (Å²) in [5.74, 6) is 0.209. The maximum Gasteiger partial charge on any atom is 0.417 e. The molecule has 0 radical (unpaired) electrons. The van der Waals surface area contributed by atoms with E-state index in [2.05, 4.69) is 4.98 Å². The number of aromatic nitrogens is 1. The highest BCUT2D eigenvalue weighted by molar-refractivity contribution is 5.77. The summed E-state index contributed by atoms with van der Waals surface area (Å²) in [7, 11) is 0. The van der Waals surface area contributed by atoms with Crippen molar-refractivity contribution in [3.63, 3.8) is 0 Å². The largest absolute Gasteiger partial charge is 0.471 e. The van der Waals surface area contributed by atoms with Crippen LogP contribution in [0.15, 0.2) is 48.7 Å². The summed E-state index contributed by atoms with van der Waals surface area (Å²) in [5, 5.41) is 0. The van der Waals surface area contributed by atoms with Crippen LogP contribution in [0.3, 0.4) is 0 Å². The van der Waals surface area contributed by atoms with Crippen molar-refractivity contribution in [3.05, 3.63) is 59.8 Å². The minimum Gasteiger partial charge on any atom is -0.471 e. The third-order valence-corrected chi connectivity index (χ3v) is 4.25. The molecular weight excluding hydrogens is 345 g/mol. The predicted molar refractivity (Wildman–Crippen MR) is 89.6 cm³/mol. The summed E-state index contributed by atoms with van der Waals surface area (Å²) in [6, 6.07) is 12.1. The normalized spacial score (nSPS) is 14.8. The average Bonchev–Trinajstić information content (AvgIpc) is 2.58. The van der Waals surface area contributed by atoms with E-state index >= 15 is 0 Å². The minimum absolute atomic E-state index is 0.0705. The van der Waals surface area contributed by atoms with Gasteiger partial charge in [0, 0.05) is 18.7 Å². The molecule has 0 unspecified atom stereocenters. The molecule has 1 amide bonds. The number of carbonyl (C=O) groups excluding carboxylic acids is 1. The number of rotatable bonds is 6. The van der Waals surface area contributed by atoms with E-state index in [9.17, 15) is 18.0 Å². The van der Waals surface area contributed by atoms with Gasteiger partial charge < -0.3 is 9.64 Å². The van der Waals surface area contributed by atoms with E-state index < -0.39 is 11.7 Å². The van der Waals surface area contributed by atoms with E-state index in [-0.39, 0.29) is 17.9 Å². The maximum atomic E-state index is 12.5. The SMILES string of the molecule is O=C(CCCc1ccccc1)N1CC(Oc2ccc(C(F)(F)F)cn2)C1. The fourth-order valence-corrected chi connectivity index (χ4v) is 2.75. The van der Waals surface area contributed by atoms with Crippen molar-refractivity contribution in [2.24, 2.45) is 0 Å². The molecule has 0 saturated carbocycles. The van der Waals surface area contributed by atoms with Crippen LogP contribution in [0.5, 0.6) is 5.88 Å². The Labute approximate surface area is 149 Å². The number of pyridine rings is 1. The lowest BCUT2D eigenvalue weighted by atomic mass is 10.1. The van der Waals surface area contributed by atoms with Crippen molar-refractivity contribution in [3.8, 4) is 5.88 Å². The molecule has 0 bridgehead atoms. The van der Waals surface area contributed by atoms with E-state index in [1.54, 1.807) is 4.90 Å². The first-order valence-electron chi connectivity index (χ1n) is 8.43. The molecule has 138 valence electrons. The van der Waals surface area contributed by atoms with Gasteiger partial charge in [-0.25, -0.2) is 4.98 Å². The van der Waals surface area contributed by atoms with Crippen LogP contribution in [0.2, 0.25) is 0 Å². The summed E-state index contributed by atoms with van der Waals surface area (Å²) in [6.07, 6.45) is -1.77. The standard InChI is InChI=1S/C19H19F3N2O2/c20-19(21,22)15-9-10-17(23-11-15)26-16-12-24(13-16)18(25)8-4-7-14-5-2-1-3-6-14/h1-3,5-6,9-11,16H,4,7-8,12-13H2. The fourth-order valence-electron chi connectivity index (χ4n) is 2.75. The van der Waals surface area contributed by atoms with Gasteiger partial charge in [0.1, 0.15) is 6.10 Å². The number of alkyl halides is 3. The van der Waals surface area contributed by atoms with Crippen molar-refractivity contribution < 1.29 is 22.7 Å². The number of ether oxygens (including phenoxy) is 1. The van der Waals surface area contributed by atoms with E-state index in [1.807, 2.05) is 30.3 Å². The Morgan fingerprint density at radius 2 is 1.88 bits per heavy atom. The molecule has 3 rings (SSSR count). The quantitative estimate of drug-likeness (QED) is 0.785. The number of hydrogen-bond acceptors (Lipinski definition) is 3. The third-order valence-electron chi connectivity index (χ3n) is 4.25. The number of nitrogens with zero attached hydrogens (tertiary/aromatic N) is 2. The summed E-state index contributed by atoms with van der Waals surface area (Å²) < 4.78 is 43.0. The van der Waals surface area contributed by atoms with Crippen LogP contribution in [0.25, 0.3) is 0 Å². The zero-order valence-electron chi connectivity index (χ0n) is 14.1. The van der Waals surface area contributed by atoms with Gasteiger partial charge in [-0.1, -0.05) is 30.3 Å². The molecule has 1 aliphatic rings. The van der Waals surface area contributed by atoms with Crippen LogP contribution in [0.1, 0.15) is 24.0 Å². The highest BCUT2D eigenvalue weighted by Gasteiger charge is 2.33. The highest BCUT2D eigenvalue weighted by atomic mass is 19.4. The van der Waals surface area contributed by atoms with Crippen LogP contribution in [-0.4, -0.2) is 35.0 Å². The number of halogens is 3. The first kappa shape index (κ1) is 18.2. The summed E-state index contributed by atoms with van der Waals surface area (Å²) >= 11 is 0. The van der Waals surface area contributed by atoms with Gasteiger partial charge in [-0.15, -0.1) is 0 Å². The molecule has 1 fully saturated rings. The lowest BCUT2D eigenvalue weighted by molar-refractivity contribution is -0.140. The number of hydrogen-bond donors (Lipinski definition) is 0. The van der Waals surface area contributed by atoms with Gasteiger partial charge in [0.2, 0.25) is 11.8 Å². The van der Waals surface area contributed by atoms with E-state index in [1.165, 1.54) is 11.6 Å². The minimum atomic E-state index is -4.41. The molecule has 1 aromatic carbocycles. The molecular formula is C19H19F3N2O2. The second kappa shape index (κ2) is 7.76. The smallest absolute Gasteiger partial charge is 0.417 e. The molecule has 26 heavy (non-hydrogen) atoms. The van der Waals surface area contributed by atoms with Gasteiger partial charge in [0.05, 0.1) is 18.7 Å². The lowest BCUT2D eigenvalue weighted by Crippen LogP contribution is -2.56. The van der Waals surface area contributed by atoms with Crippen molar-refractivity contribution in [1.29, 1.82) is 0 Å². The number of aryl methyl sites for hydroxylation is 1. The van der Waals surface area contributed by atoms with Crippen molar-refractivity contribution in [1.82, 2.24) is 9.88 Å². The van der Waals surface area contributed by atoms with Crippen LogP contribution in [0, 0.1) is 0 Å². The monoisotopic (exact) mass is 364 g/mol. The molecule has 0 N–H and O–H groups in total. The Morgan fingerprint density at radius 1 is 1.15 bits per heavy atom. The van der Waals surface area contributed by atoms with Gasteiger partial charge in [-0.2, -0.15) is 13.2 Å². The van der Waals surface area contributed by atoms with Gasteiger partial charge in [-0.3, -0.25) is 4.79 Å².